The first-order valence-electron chi connectivity index (χ1n) is 19.0. The van der Waals surface area contributed by atoms with Crippen LogP contribution in [-0.2, 0) is 10.8 Å². The van der Waals surface area contributed by atoms with Crippen LogP contribution >= 0.6 is 0 Å². The molecule has 54 heavy (non-hydrogen) atoms. The number of hydrogen-bond donors (Lipinski definition) is 0. The molecule has 0 aliphatic heterocycles. The maximum Gasteiger partial charge on any atom is 0.137 e. The Kier molecular flexibility index (Phi) is 6.39. The van der Waals surface area contributed by atoms with Crippen LogP contribution in [-0.4, -0.2) is 0 Å². The Morgan fingerprint density at radius 1 is 0.407 bits per heavy atom. The molecule has 258 valence electrons. The van der Waals surface area contributed by atoms with Gasteiger partial charge in [-0.25, -0.2) is 0 Å². The molecule has 0 atom stereocenters. The Morgan fingerprint density at radius 3 is 1.67 bits per heavy atom. The highest BCUT2D eigenvalue weighted by atomic mass is 16.3. The zero-order valence-electron chi connectivity index (χ0n) is 30.9. The fraction of sp³-hybridized carbons (Fsp3) is 0.115. The normalized spacial score (nSPS) is 14.6. The Hall–Kier alpha value is -6.38. The van der Waals surface area contributed by atoms with E-state index in [2.05, 4.69) is 196 Å². The van der Waals surface area contributed by atoms with Crippen molar-refractivity contribution in [3.63, 3.8) is 0 Å². The lowest BCUT2D eigenvalue weighted by molar-refractivity contribution is 0.660. The summed E-state index contributed by atoms with van der Waals surface area (Å²) in [5.74, 6) is 0. The predicted molar refractivity (Wildman–Crippen MR) is 226 cm³/mol. The van der Waals surface area contributed by atoms with Gasteiger partial charge < -0.3 is 9.32 Å². The van der Waals surface area contributed by atoms with Crippen LogP contribution in [0.2, 0.25) is 0 Å². The molecular weight excluding hydrogens is 655 g/mol. The van der Waals surface area contributed by atoms with E-state index < -0.39 is 0 Å². The first-order valence-corrected chi connectivity index (χ1v) is 19.0. The largest absolute Gasteiger partial charge is 0.456 e. The van der Waals surface area contributed by atoms with Gasteiger partial charge >= 0.3 is 0 Å². The molecule has 0 N–H and O–H groups in total. The summed E-state index contributed by atoms with van der Waals surface area (Å²) in [6.45, 7) is 9.41. The lowest BCUT2D eigenvalue weighted by Crippen LogP contribution is -2.16. The van der Waals surface area contributed by atoms with Crippen LogP contribution in [0.4, 0.5) is 17.1 Å². The molecule has 0 spiro atoms. The van der Waals surface area contributed by atoms with Gasteiger partial charge in [-0.3, -0.25) is 0 Å². The summed E-state index contributed by atoms with van der Waals surface area (Å²) in [5.41, 5.74) is 18.2. The van der Waals surface area contributed by atoms with Crippen molar-refractivity contribution in [3.8, 4) is 33.4 Å². The number of nitrogens with zero attached hydrogens (tertiary/aromatic N) is 1. The third-order valence-electron chi connectivity index (χ3n) is 12.4. The Labute approximate surface area is 315 Å². The number of hydrogen-bond acceptors (Lipinski definition) is 2. The molecule has 0 unspecified atom stereocenters. The van der Waals surface area contributed by atoms with E-state index in [0.29, 0.717) is 0 Å². The fourth-order valence-electron chi connectivity index (χ4n) is 9.62. The molecule has 9 aromatic rings. The molecular formula is C52H39NO. The maximum absolute atomic E-state index is 6.60. The first-order chi connectivity index (χ1) is 26.3. The lowest BCUT2D eigenvalue weighted by Gasteiger charge is -2.29. The second-order valence-electron chi connectivity index (χ2n) is 16.2. The number of rotatable bonds is 4. The van der Waals surface area contributed by atoms with Crippen molar-refractivity contribution in [3.05, 3.63) is 186 Å². The summed E-state index contributed by atoms with van der Waals surface area (Å²) in [6, 6.07) is 60.4. The van der Waals surface area contributed by atoms with E-state index in [0.717, 1.165) is 39.0 Å². The maximum atomic E-state index is 6.60. The van der Waals surface area contributed by atoms with Crippen LogP contribution in [0.3, 0.4) is 0 Å². The summed E-state index contributed by atoms with van der Waals surface area (Å²) < 4.78 is 6.60. The summed E-state index contributed by atoms with van der Waals surface area (Å²) in [5, 5.41) is 4.62. The lowest BCUT2D eigenvalue weighted by atomic mass is 9.81. The van der Waals surface area contributed by atoms with Gasteiger partial charge in [0.25, 0.3) is 0 Å². The van der Waals surface area contributed by atoms with Crippen LogP contribution in [0.1, 0.15) is 49.9 Å². The highest BCUT2D eigenvalue weighted by Gasteiger charge is 2.37. The van der Waals surface area contributed by atoms with Crippen molar-refractivity contribution in [2.75, 3.05) is 4.90 Å². The monoisotopic (exact) mass is 693 g/mol. The van der Waals surface area contributed by atoms with Gasteiger partial charge in [-0.15, -0.1) is 0 Å². The zero-order valence-corrected chi connectivity index (χ0v) is 30.9. The SMILES string of the molecule is CC1(C)c2ccccc2-c2ccc(-c3ccc(N(c4ccc5c(c4)C(C)(C)c4ccccc4-5)c4cccc5oc6cc7ccccc7cc6c45)cc3)cc21. The van der Waals surface area contributed by atoms with Crippen LogP contribution in [0, 0.1) is 0 Å². The molecule has 0 fully saturated rings. The average Bonchev–Trinajstić information content (AvgIpc) is 3.76. The van der Waals surface area contributed by atoms with Gasteiger partial charge in [0, 0.05) is 27.6 Å². The molecule has 2 heteroatoms. The number of benzene rings is 8. The van der Waals surface area contributed by atoms with Crippen molar-refractivity contribution in [1.82, 2.24) is 0 Å². The van der Waals surface area contributed by atoms with Crippen molar-refractivity contribution >= 4 is 49.8 Å². The minimum atomic E-state index is -0.119. The van der Waals surface area contributed by atoms with Crippen molar-refractivity contribution in [2.45, 2.75) is 38.5 Å². The topological polar surface area (TPSA) is 16.4 Å². The highest BCUT2D eigenvalue weighted by molar-refractivity contribution is 6.16. The van der Waals surface area contributed by atoms with Gasteiger partial charge in [0.2, 0.25) is 0 Å². The van der Waals surface area contributed by atoms with E-state index in [1.165, 1.54) is 66.4 Å². The smallest absolute Gasteiger partial charge is 0.137 e. The minimum absolute atomic E-state index is 0.0446. The van der Waals surface area contributed by atoms with Crippen molar-refractivity contribution in [2.24, 2.45) is 0 Å². The zero-order chi connectivity index (χ0) is 36.3. The Balaban J connectivity index is 1.09. The average molecular weight is 694 g/mol. The summed E-state index contributed by atoms with van der Waals surface area (Å²) in [6.07, 6.45) is 0. The summed E-state index contributed by atoms with van der Waals surface area (Å²) in [4.78, 5) is 2.43. The van der Waals surface area contributed by atoms with Crippen LogP contribution < -0.4 is 4.90 Å². The van der Waals surface area contributed by atoms with Gasteiger partial charge in [0.15, 0.2) is 0 Å². The van der Waals surface area contributed by atoms with Gasteiger partial charge in [-0.05, 0) is 121 Å². The summed E-state index contributed by atoms with van der Waals surface area (Å²) >= 11 is 0. The molecule has 2 nitrogen and oxygen atoms in total. The van der Waals surface area contributed by atoms with Gasteiger partial charge in [-0.2, -0.15) is 0 Å². The quantitative estimate of drug-likeness (QED) is 0.182. The predicted octanol–water partition coefficient (Wildman–Crippen LogP) is 14.5. The van der Waals surface area contributed by atoms with Gasteiger partial charge in [-0.1, -0.05) is 137 Å². The summed E-state index contributed by atoms with van der Waals surface area (Å²) in [7, 11) is 0. The van der Waals surface area contributed by atoms with E-state index >= 15 is 0 Å². The van der Waals surface area contributed by atoms with Crippen molar-refractivity contribution in [1.29, 1.82) is 0 Å². The Morgan fingerprint density at radius 2 is 0.963 bits per heavy atom. The molecule has 8 aromatic carbocycles. The first kappa shape index (κ1) is 31.2. The molecule has 2 aliphatic rings. The van der Waals surface area contributed by atoms with E-state index in [9.17, 15) is 0 Å². The van der Waals surface area contributed by atoms with E-state index in [-0.39, 0.29) is 10.8 Å². The third kappa shape index (κ3) is 4.34. The minimum Gasteiger partial charge on any atom is -0.456 e. The molecule has 1 heterocycles. The highest BCUT2D eigenvalue weighted by Crippen LogP contribution is 2.52. The third-order valence-corrected chi connectivity index (χ3v) is 12.4. The second kappa shape index (κ2) is 11.1. The van der Waals surface area contributed by atoms with Gasteiger partial charge in [0.05, 0.1) is 11.1 Å². The standard InChI is InChI=1S/C52H39NO/c1-51(2)43-16-9-7-14-38(43)40-26-22-35(29-45(40)51)32-20-23-36(24-21-32)53(37-25-27-41-39-15-8-10-17-44(39)52(3,4)46(41)31-37)47-18-11-19-48-50(47)42-28-33-12-5-6-13-34(33)30-49(42)54-48/h5-31H,1-4H3. The van der Waals surface area contributed by atoms with Crippen LogP contribution in [0.15, 0.2) is 168 Å². The molecule has 0 saturated heterocycles. The number of fused-ring (bicyclic) bond motifs is 10. The second-order valence-corrected chi connectivity index (χ2v) is 16.2. The number of furan rings is 1. The fourth-order valence-corrected chi connectivity index (χ4v) is 9.62. The van der Waals surface area contributed by atoms with E-state index in [1.54, 1.807) is 0 Å². The molecule has 0 saturated carbocycles. The molecule has 2 aliphatic carbocycles. The molecule has 1 aromatic heterocycles. The molecule has 0 amide bonds. The van der Waals surface area contributed by atoms with Crippen LogP contribution in [0.25, 0.3) is 66.1 Å². The Bertz CT molecular complexity index is 3000. The van der Waals surface area contributed by atoms with E-state index in [1.807, 2.05) is 0 Å². The van der Waals surface area contributed by atoms with E-state index in [4.69, 9.17) is 4.42 Å². The molecule has 0 radical (unpaired) electrons. The molecule has 11 rings (SSSR count). The number of anilines is 3. The molecule has 0 bridgehead atoms. The van der Waals surface area contributed by atoms with Crippen molar-refractivity contribution < 1.29 is 4.42 Å². The van der Waals surface area contributed by atoms with Gasteiger partial charge in [0.1, 0.15) is 11.2 Å². The van der Waals surface area contributed by atoms with Crippen LogP contribution in [0.5, 0.6) is 0 Å².